The van der Waals surface area contributed by atoms with E-state index in [1.54, 1.807) is 7.05 Å². The third-order valence-corrected chi connectivity index (χ3v) is 6.53. The van der Waals surface area contributed by atoms with Crippen molar-refractivity contribution in [2.45, 2.75) is 32.2 Å². The zero-order valence-electron chi connectivity index (χ0n) is 18.4. The molecule has 32 heavy (non-hydrogen) atoms. The molecule has 1 saturated heterocycles. The van der Waals surface area contributed by atoms with Gasteiger partial charge in [-0.2, -0.15) is 0 Å². The molecular weight excluding hydrogens is 494 g/mol. The van der Waals surface area contributed by atoms with Gasteiger partial charge in [-0.25, -0.2) is 9.97 Å². The van der Waals surface area contributed by atoms with E-state index in [1.165, 1.54) is 6.33 Å². The number of carbonyl (C=O) groups is 1. The molecule has 0 radical (unpaired) electrons. The first kappa shape index (κ1) is 24.4. The maximum Gasteiger partial charge on any atom is 0.228 e. The molecule has 0 atom stereocenters. The molecule has 172 valence electrons. The number of halogens is 2. The van der Waals surface area contributed by atoms with Crippen molar-refractivity contribution in [3.8, 4) is 0 Å². The standard InChI is InChI=1S/C22H29BrClN7O/c1-3-27-11-8-18(32)31(16-6-4-15(24)5-7-16)17-9-12-30(13-10-17)22-19(20(23)26-2)21(25)28-14-29-22/h4-7,14,17,27H,3,8-13H2,1-2H3,(H2,25,28,29)/b26-20+. The Morgan fingerprint density at radius 1 is 1.31 bits per heavy atom. The van der Waals surface area contributed by atoms with Crippen LogP contribution in [0.15, 0.2) is 35.6 Å². The molecule has 1 aliphatic rings. The second-order valence-electron chi connectivity index (χ2n) is 7.53. The summed E-state index contributed by atoms with van der Waals surface area (Å²) in [5.74, 6) is 1.25. The third kappa shape index (κ3) is 5.76. The largest absolute Gasteiger partial charge is 0.383 e. The van der Waals surface area contributed by atoms with Crippen LogP contribution in [0.5, 0.6) is 0 Å². The van der Waals surface area contributed by atoms with Crippen molar-refractivity contribution in [3.63, 3.8) is 0 Å². The van der Waals surface area contributed by atoms with E-state index >= 15 is 0 Å². The Hall–Kier alpha value is -2.23. The minimum Gasteiger partial charge on any atom is -0.383 e. The summed E-state index contributed by atoms with van der Waals surface area (Å²) in [6.45, 7) is 5.01. The van der Waals surface area contributed by atoms with E-state index in [4.69, 9.17) is 17.3 Å². The van der Waals surface area contributed by atoms with Crippen LogP contribution in [-0.2, 0) is 4.79 Å². The molecule has 1 aromatic carbocycles. The molecule has 0 aliphatic carbocycles. The van der Waals surface area contributed by atoms with Crippen molar-refractivity contribution >= 4 is 55.4 Å². The molecule has 3 N–H and O–H groups in total. The van der Waals surface area contributed by atoms with Crippen molar-refractivity contribution in [3.05, 3.63) is 41.2 Å². The molecule has 0 spiro atoms. The highest BCUT2D eigenvalue weighted by molar-refractivity contribution is 9.18. The average Bonchev–Trinajstić information content (AvgIpc) is 2.80. The zero-order chi connectivity index (χ0) is 23.1. The van der Waals surface area contributed by atoms with Gasteiger partial charge in [-0.05, 0) is 59.6 Å². The second kappa shape index (κ2) is 11.6. The van der Waals surface area contributed by atoms with Crippen LogP contribution >= 0.6 is 27.5 Å². The number of hydrogen-bond donors (Lipinski definition) is 2. The first-order valence-electron chi connectivity index (χ1n) is 10.7. The number of amides is 1. The number of benzene rings is 1. The van der Waals surface area contributed by atoms with E-state index < -0.39 is 0 Å². The summed E-state index contributed by atoms with van der Waals surface area (Å²) in [6, 6.07) is 7.57. The van der Waals surface area contributed by atoms with E-state index in [0.717, 1.165) is 44.0 Å². The van der Waals surface area contributed by atoms with Gasteiger partial charge in [0.2, 0.25) is 5.91 Å². The molecule has 0 unspecified atom stereocenters. The van der Waals surface area contributed by atoms with Crippen molar-refractivity contribution < 1.29 is 4.79 Å². The van der Waals surface area contributed by atoms with E-state index in [-0.39, 0.29) is 11.9 Å². The Bertz CT molecular complexity index is 946. The quantitative estimate of drug-likeness (QED) is 0.407. The first-order valence-corrected chi connectivity index (χ1v) is 11.9. The lowest BCUT2D eigenvalue weighted by molar-refractivity contribution is -0.119. The topological polar surface area (TPSA) is 99.7 Å². The number of piperidine rings is 1. The van der Waals surface area contributed by atoms with E-state index in [0.29, 0.717) is 34.0 Å². The molecule has 10 heteroatoms. The fraction of sp³-hybridized carbons (Fsp3) is 0.455. The number of nitrogens with one attached hydrogen (secondary N) is 1. The Kier molecular flexibility index (Phi) is 8.84. The molecule has 1 aliphatic heterocycles. The first-order chi connectivity index (χ1) is 15.5. The molecule has 2 heterocycles. The van der Waals surface area contributed by atoms with E-state index in [2.05, 4.69) is 41.1 Å². The van der Waals surface area contributed by atoms with Gasteiger partial charge in [0.05, 0.1) is 5.56 Å². The number of nitrogen functional groups attached to an aromatic ring is 1. The SMILES string of the molecule is CCNCCC(=O)N(c1ccc(Cl)cc1)C1CCN(c2ncnc(N)c2/C(Br)=N\C)CC1. The molecule has 0 bridgehead atoms. The van der Waals surface area contributed by atoms with E-state index in [9.17, 15) is 4.79 Å². The smallest absolute Gasteiger partial charge is 0.228 e. The van der Waals surface area contributed by atoms with Gasteiger partial charge in [0.15, 0.2) is 0 Å². The normalized spacial score (nSPS) is 15.1. The van der Waals surface area contributed by atoms with E-state index in [1.807, 2.05) is 36.1 Å². The number of rotatable bonds is 8. The Morgan fingerprint density at radius 3 is 2.62 bits per heavy atom. The number of aromatic nitrogens is 2. The van der Waals surface area contributed by atoms with Crippen LogP contribution in [0.4, 0.5) is 17.3 Å². The number of hydrogen-bond acceptors (Lipinski definition) is 7. The summed E-state index contributed by atoms with van der Waals surface area (Å²) in [5.41, 5.74) is 7.68. The van der Waals surface area contributed by atoms with Gasteiger partial charge in [-0.1, -0.05) is 18.5 Å². The summed E-state index contributed by atoms with van der Waals surface area (Å²) >= 11 is 9.55. The summed E-state index contributed by atoms with van der Waals surface area (Å²) in [7, 11) is 1.69. The molecule has 0 saturated carbocycles. The fourth-order valence-electron chi connectivity index (χ4n) is 3.93. The zero-order valence-corrected chi connectivity index (χ0v) is 20.7. The Labute approximate surface area is 202 Å². The van der Waals surface area contributed by atoms with Gasteiger partial charge in [0.1, 0.15) is 22.6 Å². The van der Waals surface area contributed by atoms with Crippen LogP contribution in [0, 0.1) is 0 Å². The highest BCUT2D eigenvalue weighted by atomic mass is 79.9. The molecule has 2 aromatic rings. The Morgan fingerprint density at radius 2 is 2.00 bits per heavy atom. The van der Waals surface area contributed by atoms with Gasteiger partial charge >= 0.3 is 0 Å². The summed E-state index contributed by atoms with van der Waals surface area (Å²) in [5, 5.41) is 3.89. The van der Waals surface area contributed by atoms with Crippen LogP contribution in [0.25, 0.3) is 0 Å². The molecule has 1 amide bonds. The van der Waals surface area contributed by atoms with Crippen LogP contribution in [0.2, 0.25) is 5.02 Å². The highest BCUT2D eigenvalue weighted by Gasteiger charge is 2.31. The average molecular weight is 523 g/mol. The predicted octanol–water partition coefficient (Wildman–Crippen LogP) is 3.49. The predicted molar refractivity (Wildman–Crippen MR) is 135 cm³/mol. The minimum absolute atomic E-state index is 0.0902. The summed E-state index contributed by atoms with van der Waals surface area (Å²) in [6.07, 6.45) is 3.53. The number of nitrogens with zero attached hydrogens (tertiary/aromatic N) is 5. The molecular formula is C22H29BrClN7O. The van der Waals surface area contributed by atoms with Crippen molar-refractivity contribution in [1.29, 1.82) is 0 Å². The van der Waals surface area contributed by atoms with Gasteiger partial charge < -0.3 is 20.9 Å². The maximum absolute atomic E-state index is 13.2. The minimum atomic E-state index is 0.0902. The Balaban J connectivity index is 1.79. The summed E-state index contributed by atoms with van der Waals surface area (Å²) in [4.78, 5) is 30.1. The second-order valence-corrected chi connectivity index (χ2v) is 8.72. The lowest BCUT2D eigenvalue weighted by Crippen LogP contribution is -2.48. The summed E-state index contributed by atoms with van der Waals surface area (Å²) < 4.78 is 0.620. The maximum atomic E-state index is 13.2. The van der Waals surface area contributed by atoms with Gasteiger partial charge in [0, 0.05) is 49.9 Å². The number of carbonyl (C=O) groups excluding carboxylic acids is 1. The lowest BCUT2D eigenvalue weighted by Gasteiger charge is -2.39. The monoisotopic (exact) mass is 521 g/mol. The van der Waals surface area contributed by atoms with Crippen LogP contribution in [0.1, 0.15) is 31.7 Å². The van der Waals surface area contributed by atoms with Gasteiger partial charge in [-0.3, -0.25) is 9.79 Å². The molecule has 3 rings (SSSR count). The highest BCUT2D eigenvalue weighted by Crippen LogP contribution is 2.30. The number of aliphatic imine (C=N–C) groups is 1. The molecule has 1 fully saturated rings. The van der Waals surface area contributed by atoms with Crippen LogP contribution in [-0.4, -0.2) is 59.8 Å². The number of nitrogens with two attached hydrogens (primary N) is 1. The van der Waals surface area contributed by atoms with Crippen LogP contribution < -0.4 is 20.9 Å². The molecule has 8 nitrogen and oxygen atoms in total. The van der Waals surface area contributed by atoms with Crippen LogP contribution in [0.3, 0.4) is 0 Å². The van der Waals surface area contributed by atoms with Gasteiger partial charge in [0.25, 0.3) is 0 Å². The van der Waals surface area contributed by atoms with Crippen molar-refractivity contribution in [1.82, 2.24) is 15.3 Å². The lowest BCUT2D eigenvalue weighted by atomic mass is 10.0. The van der Waals surface area contributed by atoms with Crippen molar-refractivity contribution in [2.24, 2.45) is 4.99 Å². The fourth-order valence-corrected chi connectivity index (χ4v) is 4.43. The number of anilines is 3. The van der Waals surface area contributed by atoms with Crippen molar-refractivity contribution in [2.75, 3.05) is 48.8 Å². The third-order valence-electron chi connectivity index (χ3n) is 5.53. The van der Waals surface area contributed by atoms with Gasteiger partial charge in [-0.15, -0.1) is 0 Å². The molecule has 1 aromatic heterocycles.